The minimum absolute atomic E-state index is 0.00276. The van der Waals surface area contributed by atoms with Gasteiger partial charge in [0, 0.05) is 18.2 Å². The van der Waals surface area contributed by atoms with Crippen LogP contribution < -0.4 is 5.32 Å². The Morgan fingerprint density at radius 1 is 1.14 bits per heavy atom. The first-order valence-corrected chi connectivity index (χ1v) is 5.88. The molecule has 1 aromatic carbocycles. The summed E-state index contributed by atoms with van der Waals surface area (Å²) in [5.41, 5.74) is -0.756. The van der Waals surface area contributed by atoms with Crippen molar-refractivity contribution in [1.82, 2.24) is 4.98 Å². The third-order valence-corrected chi connectivity index (χ3v) is 2.69. The van der Waals surface area contributed by atoms with E-state index in [0.29, 0.717) is 5.56 Å². The Morgan fingerprint density at radius 3 is 2.52 bits per heavy atom. The summed E-state index contributed by atoms with van der Waals surface area (Å²) in [6.07, 6.45) is -4.53. The van der Waals surface area contributed by atoms with Crippen molar-refractivity contribution in [2.45, 2.75) is 12.7 Å². The van der Waals surface area contributed by atoms with Crippen LogP contribution in [0.2, 0.25) is 0 Å². The molecule has 2 rings (SSSR count). The van der Waals surface area contributed by atoms with E-state index in [-0.39, 0.29) is 18.1 Å². The van der Waals surface area contributed by atoms with E-state index in [1.54, 1.807) is 6.07 Å². The van der Waals surface area contributed by atoms with E-state index >= 15 is 0 Å². The van der Waals surface area contributed by atoms with Crippen LogP contribution in [0.1, 0.15) is 11.3 Å². The minimum Gasteiger partial charge on any atom is -0.366 e. The highest BCUT2D eigenvalue weighted by Crippen LogP contribution is 2.28. The lowest BCUT2D eigenvalue weighted by molar-refractivity contribution is -0.385. The fraction of sp³-hybridized carbons (Fsp3) is 0.154. The van der Waals surface area contributed by atoms with Crippen molar-refractivity contribution in [2.24, 2.45) is 0 Å². The first-order valence-electron chi connectivity index (χ1n) is 5.88. The smallest absolute Gasteiger partial charge is 0.366 e. The Labute approximate surface area is 117 Å². The Hall–Kier alpha value is -2.64. The van der Waals surface area contributed by atoms with Crippen LogP contribution in [0, 0.1) is 10.1 Å². The second kappa shape index (κ2) is 5.78. The molecule has 0 radical (unpaired) electrons. The molecule has 0 bridgehead atoms. The molecule has 0 aliphatic rings. The summed E-state index contributed by atoms with van der Waals surface area (Å²) in [5, 5.41) is 13.5. The van der Waals surface area contributed by atoms with E-state index in [0.717, 1.165) is 6.07 Å². The standard InChI is InChI=1S/C13H10F3N3O2/c14-13(15,16)11-6-3-7-12(18-11)17-8-9-4-1-2-5-10(9)19(20)21/h1-7H,8H2,(H,17,18). The van der Waals surface area contributed by atoms with E-state index in [9.17, 15) is 23.3 Å². The molecule has 0 saturated heterocycles. The van der Waals surface area contributed by atoms with E-state index in [1.165, 1.54) is 30.3 Å². The van der Waals surface area contributed by atoms with Crippen LogP contribution in [-0.4, -0.2) is 9.91 Å². The average molecular weight is 297 g/mol. The van der Waals surface area contributed by atoms with Crippen LogP contribution in [0.3, 0.4) is 0 Å². The number of nitrogens with one attached hydrogen (secondary N) is 1. The molecular formula is C13H10F3N3O2. The van der Waals surface area contributed by atoms with Gasteiger partial charge in [0.2, 0.25) is 0 Å². The number of halogens is 3. The van der Waals surface area contributed by atoms with Crippen LogP contribution in [-0.2, 0) is 12.7 Å². The number of hydrogen-bond donors (Lipinski definition) is 1. The number of alkyl halides is 3. The predicted molar refractivity (Wildman–Crippen MR) is 69.7 cm³/mol. The number of nitro benzene ring substituents is 1. The molecule has 110 valence electrons. The largest absolute Gasteiger partial charge is 0.433 e. The number of hydrogen-bond acceptors (Lipinski definition) is 4. The Kier molecular flexibility index (Phi) is 4.06. The molecule has 5 nitrogen and oxygen atoms in total. The Balaban J connectivity index is 2.16. The maximum atomic E-state index is 12.5. The lowest BCUT2D eigenvalue weighted by atomic mass is 10.2. The topological polar surface area (TPSA) is 68.1 Å². The summed E-state index contributed by atoms with van der Waals surface area (Å²) in [4.78, 5) is 13.7. The van der Waals surface area contributed by atoms with Gasteiger partial charge in [-0.3, -0.25) is 10.1 Å². The van der Waals surface area contributed by atoms with Gasteiger partial charge in [-0.1, -0.05) is 24.3 Å². The molecule has 0 aliphatic carbocycles. The van der Waals surface area contributed by atoms with Crippen LogP contribution in [0.4, 0.5) is 24.7 Å². The second-order valence-electron chi connectivity index (χ2n) is 4.15. The van der Waals surface area contributed by atoms with Crippen molar-refractivity contribution < 1.29 is 18.1 Å². The summed E-state index contributed by atoms with van der Waals surface area (Å²) < 4.78 is 37.6. The highest BCUT2D eigenvalue weighted by molar-refractivity contribution is 5.44. The summed E-state index contributed by atoms with van der Waals surface area (Å²) >= 11 is 0. The highest BCUT2D eigenvalue weighted by atomic mass is 19.4. The summed E-state index contributed by atoms with van der Waals surface area (Å²) in [6, 6.07) is 9.43. The number of rotatable bonds is 4. The number of pyridine rings is 1. The Morgan fingerprint density at radius 2 is 1.86 bits per heavy atom. The lowest BCUT2D eigenvalue weighted by Crippen LogP contribution is -2.10. The molecule has 0 atom stereocenters. The third-order valence-electron chi connectivity index (χ3n) is 2.69. The molecule has 2 aromatic rings. The van der Waals surface area contributed by atoms with Gasteiger partial charge >= 0.3 is 6.18 Å². The fourth-order valence-electron chi connectivity index (χ4n) is 1.72. The van der Waals surface area contributed by atoms with Crippen LogP contribution in [0.15, 0.2) is 42.5 Å². The fourth-order valence-corrected chi connectivity index (χ4v) is 1.72. The van der Waals surface area contributed by atoms with Crippen molar-refractivity contribution in [1.29, 1.82) is 0 Å². The molecule has 0 spiro atoms. The lowest BCUT2D eigenvalue weighted by Gasteiger charge is -2.09. The van der Waals surface area contributed by atoms with E-state index in [2.05, 4.69) is 10.3 Å². The zero-order valence-electron chi connectivity index (χ0n) is 10.6. The first-order chi connectivity index (χ1) is 9.88. The summed E-state index contributed by atoms with van der Waals surface area (Å²) in [6.45, 7) is 0.00542. The molecule has 0 fully saturated rings. The van der Waals surface area contributed by atoms with Gasteiger partial charge in [0.05, 0.1) is 4.92 Å². The number of benzene rings is 1. The third kappa shape index (κ3) is 3.68. The molecule has 21 heavy (non-hydrogen) atoms. The number of para-hydroxylation sites is 1. The predicted octanol–water partition coefficient (Wildman–Crippen LogP) is 3.62. The zero-order chi connectivity index (χ0) is 15.5. The number of aromatic nitrogens is 1. The van der Waals surface area contributed by atoms with E-state index < -0.39 is 16.8 Å². The SMILES string of the molecule is O=[N+]([O-])c1ccccc1CNc1cccc(C(F)(F)F)n1. The van der Waals surface area contributed by atoms with Crippen LogP contribution in [0.5, 0.6) is 0 Å². The van der Waals surface area contributed by atoms with Gasteiger partial charge < -0.3 is 5.32 Å². The second-order valence-corrected chi connectivity index (χ2v) is 4.15. The molecule has 0 aliphatic heterocycles. The van der Waals surface area contributed by atoms with Crippen LogP contribution >= 0.6 is 0 Å². The number of nitrogens with zero attached hydrogens (tertiary/aromatic N) is 2. The molecule has 1 aromatic heterocycles. The van der Waals surface area contributed by atoms with E-state index in [4.69, 9.17) is 0 Å². The van der Waals surface area contributed by atoms with Crippen molar-refractivity contribution in [2.75, 3.05) is 5.32 Å². The zero-order valence-corrected chi connectivity index (χ0v) is 10.6. The summed E-state index contributed by atoms with van der Waals surface area (Å²) in [7, 11) is 0. The maximum absolute atomic E-state index is 12.5. The minimum atomic E-state index is -4.53. The maximum Gasteiger partial charge on any atom is 0.433 e. The van der Waals surface area contributed by atoms with Crippen molar-refractivity contribution >= 4 is 11.5 Å². The highest BCUT2D eigenvalue weighted by Gasteiger charge is 2.32. The molecule has 1 heterocycles. The average Bonchev–Trinajstić information content (AvgIpc) is 2.45. The van der Waals surface area contributed by atoms with Gasteiger partial charge in [0.15, 0.2) is 0 Å². The number of anilines is 1. The monoisotopic (exact) mass is 297 g/mol. The van der Waals surface area contributed by atoms with Gasteiger partial charge in [-0.05, 0) is 12.1 Å². The first kappa shape index (κ1) is 14.8. The van der Waals surface area contributed by atoms with Gasteiger partial charge in [0.1, 0.15) is 11.5 Å². The van der Waals surface area contributed by atoms with Crippen molar-refractivity contribution in [3.63, 3.8) is 0 Å². The normalized spacial score (nSPS) is 11.2. The molecule has 8 heteroatoms. The molecule has 0 amide bonds. The van der Waals surface area contributed by atoms with Gasteiger partial charge in [0.25, 0.3) is 5.69 Å². The van der Waals surface area contributed by atoms with Gasteiger partial charge in [-0.2, -0.15) is 13.2 Å². The van der Waals surface area contributed by atoms with E-state index in [1.807, 2.05) is 0 Å². The van der Waals surface area contributed by atoms with Crippen molar-refractivity contribution in [3.8, 4) is 0 Å². The van der Waals surface area contributed by atoms with Gasteiger partial charge in [-0.25, -0.2) is 4.98 Å². The Bertz CT molecular complexity index is 659. The van der Waals surface area contributed by atoms with Crippen LogP contribution in [0.25, 0.3) is 0 Å². The molecule has 0 saturated carbocycles. The van der Waals surface area contributed by atoms with Crippen molar-refractivity contribution in [3.05, 3.63) is 63.8 Å². The molecule has 0 unspecified atom stereocenters. The quantitative estimate of drug-likeness (QED) is 0.691. The van der Waals surface area contributed by atoms with Gasteiger partial charge in [-0.15, -0.1) is 0 Å². The molecular weight excluding hydrogens is 287 g/mol. The molecule has 1 N–H and O–H groups in total. The summed E-state index contributed by atoms with van der Waals surface area (Å²) in [5.74, 6) is 0.00276. The number of nitro groups is 1.